The summed E-state index contributed by atoms with van der Waals surface area (Å²) in [5.41, 5.74) is 11.3. The number of aryl methyl sites for hydroxylation is 4. The number of hydrogen-bond acceptors (Lipinski definition) is 0. The fourth-order valence-electron chi connectivity index (χ4n) is 4.32. The average molecular weight is 345 g/mol. The van der Waals surface area contributed by atoms with Gasteiger partial charge in [-0.3, -0.25) is 0 Å². The third kappa shape index (κ3) is 4.01. The highest BCUT2D eigenvalue weighted by molar-refractivity contribution is 5.50. The molecule has 0 nitrogen and oxygen atoms in total. The normalized spacial score (nSPS) is 15.2. The Morgan fingerprint density at radius 1 is 0.769 bits per heavy atom. The van der Waals surface area contributed by atoms with Crippen molar-refractivity contribution >= 4 is 0 Å². The van der Waals surface area contributed by atoms with E-state index in [0.717, 1.165) is 6.42 Å². The quantitative estimate of drug-likeness (QED) is 0.531. The summed E-state index contributed by atoms with van der Waals surface area (Å²) in [7, 11) is 0. The first kappa shape index (κ1) is 18.7. The van der Waals surface area contributed by atoms with E-state index in [4.69, 9.17) is 0 Å². The van der Waals surface area contributed by atoms with Crippen LogP contribution in [0.1, 0.15) is 66.0 Å². The lowest BCUT2D eigenvalue weighted by atomic mass is 9.82. The number of benzene rings is 2. The van der Waals surface area contributed by atoms with Crippen molar-refractivity contribution in [1.29, 1.82) is 0 Å². The molecule has 1 unspecified atom stereocenters. The van der Waals surface area contributed by atoms with Crippen LogP contribution in [0.25, 0.3) is 0 Å². The average Bonchev–Trinajstić information content (AvgIpc) is 3.02. The van der Waals surface area contributed by atoms with Crippen LogP contribution in [0, 0.1) is 33.6 Å². The van der Waals surface area contributed by atoms with Crippen molar-refractivity contribution in [3.8, 4) is 0 Å². The Morgan fingerprint density at radius 2 is 1.23 bits per heavy atom. The number of hydrogen-bond donors (Lipinski definition) is 0. The van der Waals surface area contributed by atoms with Gasteiger partial charge >= 0.3 is 0 Å². The standard InChI is InChI=1S/C26H32/c1-7-21(6)22-8-9-23(16-22)26(24-12-17(2)10-18(3)13-24)25-14-19(4)11-20(5)15-25/h8,10-16,21,26H,7,9H2,1-6H3. The zero-order valence-electron chi connectivity index (χ0n) is 17.2. The van der Waals surface area contributed by atoms with Crippen molar-refractivity contribution in [1.82, 2.24) is 0 Å². The van der Waals surface area contributed by atoms with Crippen molar-refractivity contribution in [3.05, 3.63) is 93.1 Å². The first-order chi connectivity index (χ1) is 12.4. The molecule has 1 aliphatic rings. The van der Waals surface area contributed by atoms with Gasteiger partial charge in [0, 0.05) is 5.92 Å². The predicted molar refractivity (Wildman–Crippen MR) is 114 cm³/mol. The van der Waals surface area contributed by atoms with Gasteiger partial charge in [0.25, 0.3) is 0 Å². The van der Waals surface area contributed by atoms with Gasteiger partial charge < -0.3 is 0 Å². The molecule has 0 fully saturated rings. The Balaban J connectivity index is 2.11. The van der Waals surface area contributed by atoms with E-state index < -0.39 is 0 Å². The van der Waals surface area contributed by atoms with Gasteiger partial charge in [-0.1, -0.05) is 90.2 Å². The zero-order valence-corrected chi connectivity index (χ0v) is 17.2. The van der Waals surface area contributed by atoms with Crippen LogP contribution >= 0.6 is 0 Å². The Hall–Kier alpha value is -2.08. The number of allylic oxidation sites excluding steroid dienone is 4. The molecule has 26 heavy (non-hydrogen) atoms. The van der Waals surface area contributed by atoms with E-state index in [9.17, 15) is 0 Å². The van der Waals surface area contributed by atoms with E-state index >= 15 is 0 Å². The minimum absolute atomic E-state index is 0.352. The minimum Gasteiger partial charge on any atom is -0.0769 e. The van der Waals surface area contributed by atoms with Crippen molar-refractivity contribution in [2.24, 2.45) is 5.92 Å². The molecule has 0 aromatic heterocycles. The van der Waals surface area contributed by atoms with Crippen LogP contribution in [0.15, 0.2) is 59.7 Å². The Bertz CT molecular complexity index is 772. The summed E-state index contributed by atoms with van der Waals surface area (Å²) in [6.45, 7) is 13.5. The van der Waals surface area contributed by atoms with E-state index in [2.05, 4.69) is 90.1 Å². The maximum absolute atomic E-state index is 2.48. The van der Waals surface area contributed by atoms with Gasteiger partial charge in [-0.15, -0.1) is 0 Å². The van der Waals surface area contributed by atoms with Crippen LogP contribution in [0.4, 0.5) is 0 Å². The van der Waals surface area contributed by atoms with E-state index in [0.29, 0.717) is 11.8 Å². The van der Waals surface area contributed by atoms with Gasteiger partial charge in [0.2, 0.25) is 0 Å². The van der Waals surface area contributed by atoms with Gasteiger partial charge in [0.05, 0.1) is 0 Å². The van der Waals surface area contributed by atoms with Crippen LogP contribution < -0.4 is 0 Å². The molecule has 0 amide bonds. The number of rotatable bonds is 5. The molecule has 0 aliphatic heterocycles. The molecule has 0 N–H and O–H groups in total. The fraction of sp³-hybridized carbons (Fsp3) is 0.385. The van der Waals surface area contributed by atoms with Crippen LogP contribution in [-0.4, -0.2) is 0 Å². The lowest BCUT2D eigenvalue weighted by Gasteiger charge is -2.22. The molecule has 2 aromatic rings. The highest BCUT2D eigenvalue weighted by atomic mass is 14.3. The lowest BCUT2D eigenvalue weighted by molar-refractivity contribution is 0.671. The van der Waals surface area contributed by atoms with Crippen molar-refractivity contribution in [2.75, 3.05) is 0 Å². The molecule has 136 valence electrons. The Labute approximate surface area is 159 Å². The van der Waals surface area contributed by atoms with Crippen LogP contribution in [0.3, 0.4) is 0 Å². The maximum atomic E-state index is 2.48. The zero-order chi connectivity index (χ0) is 18.8. The van der Waals surface area contributed by atoms with E-state index in [1.165, 1.54) is 50.9 Å². The van der Waals surface area contributed by atoms with Gasteiger partial charge in [-0.05, 0) is 63.2 Å². The first-order valence-corrected chi connectivity index (χ1v) is 9.94. The first-order valence-electron chi connectivity index (χ1n) is 9.94. The van der Waals surface area contributed by atoms with Crippen molar-refractivity contribution in [2.45, 2.75) is 60.3 Å². The summed E-state index contributed by atoms with van der Waals surface area (Å²) in [4.78, 5) is 0. The summed E-state index contributed by atoms with van der Waals surface area (Å²) in [6, 6.07) is 14.0. The molecular weight excluding hydrogens is 312 g/mol. The third-order valence-corrected chi connectivity index (χ3v) is 5.63. The largest absolute Gasteiger partial charge is 0.0769 e. The second-order valence-corrected chi connectivity index (χ2v) is 8.21. The second kappa shape index (κ2) is 7.66. The summed E-state index contributed by atoms with van der Waals surface area (Å²) in [6.07, 6.45) is 7.20. The molecule has 1 aliphatic carbocycles. The summed E-state index contributed by atoms with van der Waals surface area (Å²) < 4.78 is 0. The van der Waals surface area contributed by atoms with Crippen molar-refractivity contribution < 1.29 is 0 Å². The minimum atomic E-state index is 0.352. The molecule has 0 saturated heterocycles. The molecule has 3 rings (SSSR count). The molecule has 0 bridgehead atoms. The molecule has 0 heteroatoms. The molecule has 0 heterocycles. The smallest absolute Gasteiger partial charge is 0.0305 e. The molecule has 0 saturated carbocycles. The maximum Gasteiger partial charge on any atom is 0.0305 e. The van der Waals surface area contributed by atoms with Crippen LogP contribution in [0.2, 0.25) is 0 Å². The summed E-state index contributed by atoms with van der Waals surface area (Å²) in [5, 5.41) is 0. The topological polar surface area (TPSA) is 0 Å². The lowest BCUT2D eigenvalue weighted by Crippen LogP contribution is -2.06. The third-order valence-electron chi connectivity index (χ3n) is 5.63. The highest BCUT2D eigenvalue weighted by Crippen LogP contribution is 2.40. The Kier molecular flexibility index (Phi) is 5.51. The monoisotopic (exact) mass is 344 g/mol. The molecule has 2 aromatic carbocycles. The second-order valence-electron chi connectivity index (χ2n) is 8.21. The highest BCUT2D eigenvalue weighted by Gasteiger charge is 2.23. The molecule has 0 radical (unpaired) electrons. The SMILES string of the molecule is CCC(C)C1=CCC(C(c2cc(C)cc(C)c2)c2cc(C)cc(C)c2)=C1. The van der Waals surface area contributed by atoms with Crippen LogP contribution in [-0.2, 0) is 0 Å². The van der Waals surface area contributed by atoms with Gasteiger partial charge in [0.15, 0.2) is 0 Å². The van der Waals surface area contributed by atoms with Gasteiger partial charge in [-0.25, -0.2) is 0 Å². The van der Waals surface area contributed by atoms with Gasteiger partial charge in [-0.2, -0.15) is 0 Å². The van der Waals surface area contributed by atoms with E-state index in [1.807, 2.05) is 0 Å². The molecule has 0 spiro atoms. The van der Waals surface area contributed by atoms with Crippen molar-refractivity contribution in [3.63, 3.8) is 0 Å². The summed E-state index contributed by atoms with van der Waals surface area (Å²) in [5.74, 6) is 0.997. The van der Waals surface area contributed by atoms with E-state index in [1.54, 1.807) is 0 Å². The fourth-order valence-corrected chi connectivity index (χ4v) is 4.32. The molecular formula is C26H32. The summed E-state index contributed by atoms with van der Waals surface area (Å²) >= 11 is 0. The van der Waals surface area contributed by atoms with E-state index in [-0.39, 0.29) is 0 Å². The van der Waals surface area contributed by atoms with Crippen LogP contribution in [0.5, 0.6) is 0 Å². The predicted octanol–water partition coefficient (Wildman–Crippen LogP) is 7.35. The Morgan fingerprint density at radius 3 is 1.65 bits per heavy atom. The van der Waals surface area contributed by atoms with Gasteiger partial charge in [0.1, 0.15) is 0 Å². The molecule has 1 atom stereocenters.